The maximum atomic E-state index is 13.8. The first-order chi connectivity index (χ1) is 13.1. The van der Waals surface area contributed by atoms with Crippen LogP contribution in [-0.2, 0) is 17.6 Å². The Morgan fingerprint density at radius 3 is 2.85 bits per heavy atom. The van der Waals surface area contributed by atoms with Crippen molar-refractivity contribution in [3.05, 3.63) is 53.0 Å². The van der Waals surface area contributed by atoms with Crippen molar-refractivity contribution in [2.75, 3.05) is 5.32 Å². The van der Waals surface area contributed by atoms with E-state index in [2.05, 4.69) is 11.4 Å². The normalized spacial score (nSPS) is 14.6. The first kappa shape index (κ1) is 19.4. The van der Waals surface area contributed by atoms with Crippen molar-refractivity contribution in [1.82, 2.24) is 4.98 Å². The zero-order valence-electron chi connectivity index (χ0n) is 15.3. The summed E-state index contributed by atoms with van der Waals surface area (Å²) in [6, 6.07) is 10.2. The Hall–Kier alpha value is -2.39. The topological polar surface area (TPSA) is 65.8 Å². The lowest BCUT2D eigenvalue weighted by molar-refractivity contribution is -0.115. The van der Waals surface area contributed by atoms with Crippen LogP contribution in [0.1, 0.15) is 49.4 Å². The van der Waals surface area contributed by atoms with Crippen LogP contribution >= 0.6 is 11.8 Å². The summed E-state index contributed by atoms with van der Waals surface area (Å²) in [4.78, 5) is 17.4. The van der Waals surface area contributed by atoms with Gasteiger partial charge in [-0.2, -0.15) is 5.26 Å². The minimum Gasteiger partial charge on any atom is -0.323 e. The average Bonchev–Trinajstić information content (AvgIpc) is 2.91. The van der Waals surface area contributed by atoms with Gasteiger partial charge in [-0.15, -0.1) is 0 Å². The lowest BCUT2D eigenvalue weighted by Gasteiger charge is -2.16. The molecule has 2 aromatic rings. The van der Waals surface area contributed by atoms with E-state index in [1.807, 2.05) is 13.0 Å². The van der Waals surface area contributed by atoms with Gasteiger partial charge in [0, 0.05) is 5.69 Å². The van der Waals surface area contributed by atoms with E-state index >= 15 is 0 Å². The summed E-state index contributed by atoms with van der Waals surface area (Å²) in [5.74, 6) is -0.750. The number of nitriles is 1. The molecule has 0 saturated heterocycles. The van der Waals surface area contributed by atoms with Crippen molar-refractivity contribution < 1.29 is 9.18 Å². The van der Waals surface area contributed by atoms with Crippen LogP contribution in [0.25, 0.3) is 0 Å². The number of nitrogens with zero attached hydrogens (tertiary/aromatic N) is 2. The van der Waals surface area contributed by atoms with Crippen LogP contribution in [0.15, 0.2) is 35.4 Å². The molecular weight excluding hydrogens is 361 g/mol. The van der Waals surface area contributed by atoms with Crippen LogP contribution in [-0.4, -0.2) is 16.1 Å². The largest absolute Gasteiger partial charge is 0.323 e. The van der Waals surface area contributed by atoms with E-state index < -0.39 is 11.1 Å². The van der Waals surface area contributed by atoms with Crippen molar-refractivity contribution in [1.29, 1.82) is 5.26 Å². The Balaban J connectivity index is 1.81. The van der Waals surface area contributed by atoms with Crippen LogP contribution in [0, 0.1) is 17.1 Å². The minimum absolute atomic E-state index is 0.164. The number of aryl methyl sites for hydroxylation is 2. The quantitative estimate of drug-likeness (QED) is 0.591. The van der Waals surface area contributed by atoms with Gasteiger partial charge in [0.05, 0.1) is 16.5 Å². The van der Waals surface area contributed by atoms with E-state index in [1.54, 1.807) is 12.1 Å². The van der Waals surface area contributed by atoms with Crippen molar-refractivity contribution >= 4 is 23.4 Å². The highest BCUT2D eigenvalue weighted by Crippen LogP contribution is 2.31. The summed E-state index contributed by atoms with van der Waals surface area (Å²) in [5.41, 5.74) is 2.87. The van der Waals surface area contributed by atoms with Crippen molar-refractivity contribution in [2.24, 2.45) is 0 Å². The fraction of sp³-hybridized carbons (Fsp3) is 0.381. The van der Waals surface area contributed by atoms with Gasteiger partial charge in [-0.1, -0.05) is 37.2 Å². The molecule has 0 aliphatic heterocycles. The second kappa shape index (κ2) is 9.01. The fourth-order valence-electron chi connectivity index (χ4n) is 3.19. The highest BCUT2D eigenvalue weighted by molar-refractivity contribution is 8.00. The molecule has 140 valence electrons. The average molecular weight is 383 g/mol. The molecule has 1 unspecified atom stereocenters. The summed E-state index contributed by atoms with van der Waals surface area (Å²) >= 11 is 1.28. The number of nitrogens with one attached hydrogen (secondary N) is 1. The number of thioether (sulfide) groups is 1. The van der Waals surface area contributed by atoms with Gasteiger partial charge in [-0.05, 0) is 55.9 Å². The van der Waals surface area contributed by atoms with Gasteiger partial charge in [-0.25, -0.2) is 9.37 Å². The van der Waals surface area contributed by atoms with Crippen molar-refractivity contribution in [2.45, 2.75) is 55.7 Å². The monoisotopic (exact) mass is 383 g/mol. The molecule has 1 amide bonds. The summed E-state index contributed by atoms with van der Waals surface area (Å²) in [5, 5.41) is 12.3. The van der Waals surface area contributed by atoms with Gasteiger partial charge in [-0.3, -0.25) is 4.79 Å². The second-order valence-electron chi connectivity index (χ2n) is 6.60. The molecule has 1 aliphatic rings. The number of amides is 1. The molecule has 3 rings (SSSR count). The Labute approximate surface area is 163 Å². The van der Waals surface area contributed by atoms with Crippen LogP contribution in [0.4, 0.5) is 10.1 Å². The van der Waals surface area contributed by atoms with Crippen molar-refractivity contribution in [3.8, 4) is 6.07 Å². The number of anilines is 1. The third-order valence-corrected chi connectivity index (χ3v) is 6.05. The number of hydrogen-bond donors (Lipinski definition) is 1. The van der Waals surface area contributed by atoms with Gasteiger partial charge in [0.25, 0.3) is 0 Å². The van der Waals surface area contributed by atoms with Crippen LogP contribution in [0.2, 0.25) is 0 Å². The number of hydrogen-bond acceptors (Lipinski definition) is 4. The molecule has 1 aromatic heterocycles. The van der Waals surface area contributed by atoms with E-state index in [0.29, 0.717) is 17.0 Å². The number of pyridine rings is 1. The predicted molar refractivity (Wildman–Crippen MR) is 105 cm³/mol. The van der Waals surface area contributed by atoms with Crippen LogP contribution in [0.3, 0.4) is 0 Å². The molecule has 1 aromatic carbocycles. The molecule has 0 spiro atoms. The Bertz CT molecular complexity index is 878. The first-order valence-electron chi connectivity index (χ1n) is 9.27. The summed E-state index contributed by atoms with van der Waals surface area (Å²) in [6.07, 6.45) is 5.80. The number of fused-ring (bicyclic) bond motifs is 1. The van der Waals surface area contributed by atoms with Gasteiger partial charge in [0.1, 0.15) is 16.9 Å². The van der Waals surface area contributed by atoms with E-state index in [0.717, 1.165) is 36.9 Å². The Morgan fingerprint density at radius 1 is 1.33 bits per heavy atom. The Kier molecular flexibility index (Phi) is 6.46. The number of halogens is 1. The number of carbonyl (C=O) groups is 1. The lowest BCUT2D eigenvalue weighted by Crippen LogP contribution is -2.25. The maximum Gasteiger partial charge on any atom is 0.237 e. The molecule has 0 bridgehead atoms. The number of benzene rings is 1. The molecule has 0 saturated carbocycles. The van der Waals surface area contributed by atoms with E-state index in [4.69, 9.17) is 4.98 Å². The number of aromatic nitrogens is 1. The van der Waals surface area contributed by atoms with Gasteiger partial charge >= 0.3 is 0 Å². The zero-order valence-corrected chi connectivity index (χ0v) is 16.1. The molecule has 1 atom stereocenters. The third kappa shape index (κ3) is 4.67. The molecule has 0 fully saturated rings. The molecule has 1 N–H and O–H groups in total. The van der Waals surface area contributed by atoms with Gasteiger partial charge in [0.2, 0.25) is 5.91 Å². The molecule has 0 radical (unpaired) electrons. The molecule has 1 heterocycles. The summed E-state index contributed by atoms with van der Waals surface area (Å²) in [7, 11) is 0. The molecule has 4 nitrogen and oxygen atoms in total. The molecule has 1 aliphatic carbocycles. The van der Waals surface area contributed by atoms with Gasteiger partial charge < -0.3 is 5.32 Å². The molecular formula is C21H22FN3OS. The maximum absolute atomic E-state index is 13.8. The third-order valence-electron chi connectivity index (χ3n) is 4.69. The second-order valence-corrected chi connectivity index (χ2v) is 7.79. The number of para-hydroxylation sites is 1. The van der Waals surface area contributed by atoms with E-state index in [1.165, 1.54) is 30.3 Å². The van der Waals surface area contributed by atoms with E-state index in [9.17, 15) is 14.4 Å². The smallest absolute Gasteiger partial charge is 0.237 e. The van der Waals surface area contributed by atoms with E-state index in [-0.39, 0.29) is 11.6 Å². The first-order valence-corrected chi connectivity index (χ1v) is 10.1. The number of carbonyl (C=O) groups excluding carboxylic acids is 1. The molecule has 6 heteroatoms. The summed E-state index contributed by atoms with van der Waals surface area (Å²) < 4.78 is 13.8. The SMILES string of the molecule is CCC(Sc1nc2c(cc1C#N)CCCCC2)C(=O)Nc1ccccc1F. The standard InChI is InChI=1S/C21H22FN3OS/c1-2-19(20(26)24-18-11-7-6-9-16(18)22)27-21-15(13-23)12-14-8-4-3-5-10-17(14)25-21/h6-7,9,11-12,19H,2-5,8,10H2,1H3,(H,24,26). The van der Waals surface area contributed by atoms with Crippen LogP contribution < -0.4 is 5.32 Å². The van der Waals surface area contributed by atoms with Crippen molar-refractivity contribution in [3.63, 3.8) is 0 Å². The Morgan fingerprint density at radius 2 is 2.11 bits per heavy atom. The fourth-order valence-corrected chi connectivity index (χ4v) is 4.19. The zero-order chi connectivity index (χ0) is 19.2. The summed E-state index contributed by atoms with van der Waals surface area (Å²) in [6.45, 7) is 1.90. The lowest BCUT2D eigenvalue weighted by atomic mass is 10.1. The number of rotatable bonds is 5. The minimum atomic E-state index is -0.466. The molecule has 27 heavy (non-hydrogen) atoms. The van der Waals surface area contributed by atoms with Crippen LogP contribution in [0.5, 0.6) is 0 Å². The highest BCUT2D eigenvalue weighted by atomic mass is 32.2. The van der Waals surface area contributed by atoms with Gasteiger partial charge in [0.15, 0.2) is 0 Å². The highest BCUT2D eigenvalue weighted by Gasteiger charge is 2.23. The predicted octanol–water partition coefficient (Wildman–Crippen LogP) is 4.87.